The van der Waals surface area contributed by atoms with Crippen LogP contribution in [0.5, 0.6) is 0 Å². The second kappa shape index (κ2) is 3.28. The SMILES string of the molecule is NCC[C@H]1C[C@H]1c1ccccc1. The van der Waals surface area contributed by atoms with Crippen LogP contribution in [0.1, 0.15) is 24.3 Å². The summed E-state index contributed by atoms with van der Waals surface area (Å²) in [6, 6.07) is 10.8. The summed E-state index contributed by atoms with van der Waals surface area (Å²) >= 11 is 0. The van der Waals surface area contributed by atoms with Gasteiger partial charge in [-0.2, -0.15) is 0 Å². The molecule has 12 heavy (non-hydrogen) atoms. The smallest absolute Gasteiger partial charge is 0.00744 e. The van der Waals surface area contributed by atoms with Crippen LogP contribution >= 0.6 is 0 Å². The van der Waals surface area contributed by atoms with Gasteiger partial charge >= 0.3 is 0 Å². The topological polar surface area (TPSA) is 26.0 Å². The fourth-order valence-corrected chi connectivity index (χ4v) is 1.89. The third-order valence-corrected chi connectivity index (χ3v) is 2.69. The van der Waals surface area contributed by atoms with E-state index in [-0.39, 0.29) is 0 Å². The van der Waals surface area contributed by atoms with Gasteiger partial charge in [-0.15, -0.1) is 0 Å². The molecule has 1 heteroatoms. The molecule has 2 N–H and O–H groups in total. The molecule has 0 saturated heterocycles. The third-order valence-electron chi connectivity index (χ3n) is 2.69. The monoisotopic (exact) mass is 161 g/mol. The Bertz CT molecular complexity index is 242. The van der Waals surface area contributed by atoms with Crippen LogP contribution in [0.25, 0.3) is 0 Å². The third kappa shape index (κ3) is 1.51. The highest BCUT2D eigenvalue weighted by Gasteiger charge is 2.36. The van der Waals surface area contributed by atoms with E-state index in [1.165, 1.54) is 18.4 Å². The van der Waals surface area contributed by atoms with Crippen molar-refractivity contribution in [3.8, 4) is 0 Å². The van der Waals surface area contributed by atoms with Gasteiger partial charge in [0.1, 0.15) is 0 Å². The zero-order valence-corrected chi connectivity index (χ0v) is 7.24. The van der Waals surface area contributed by atoms with Crippen LogP contribution in [0.3, 0.4) is 0 Å². The minimum Gasteiger partial charge on any atom is -0.330 e. The summed E-state index contributed by atoms with van der Waals surface area (Å²) in [5, 5.41) is 0. The quantitative estimate of drug-likeness (QED) is 0.722. The van der Waals surface area contributed by atoms with E-state index >= 15 is 0 Å². The number of hydrogen-bond acceptors (Lipinski definition) is 1. The highest BCUT2D eigenvalue weighted by Crippen LogP contribution is 2.48. The first-order valence-corrected chi connectivity index (χ1v) is 4.67. The zero-order valence-electron chi connectivity index (χ0n) is 7.24. The largest absolute Gasteiger partial charge is 0.330 e. The standard InChI is InChI=1S/C11H15N/c12-7-6-10-8-11(10)9-4-2-1-3-5-9/h1-5,10-11H,6-8,12H2/t10-,11-/m0/s1. The summed E-state index contributed by atoms with van der Waals surface area (Å²) in [7, 11) is 0. The lowest BCUT2D eigenvalue weighted by Crippen LogP contribution is -1.99. The number of nitrogens with two attached hydrogens (primary N) is 1. The van der Waals surface area contributed by atoms with Gasteiger partial charge in [-0.25, -0.2) is 0 Å². The molecular weight excluding hydrogens is 146 g/mol. The first-order chi connectivity index (χ1) is 5.92. The highest BCUT2D eigenvalue weighted by atomic mass is 14.5. The maximum absolute atomic E-state index is 5.51. The Kier molecular flexibility index (Phi) is 2.13. The number of benzene rings is 1. The van der Waals surface area contributed by atoms with Crippen molar-refractivity contribution < 1.29 is 0 Å². The van der Waals surface area contributed by atoms with Crippen LogP contribution in [0.2, 0.25) is 0 Å². The minimum atomic E-state index is 0.815. The van der Waals surface area contributed by atoms with Crippen LogP contribution in [-0.4, -0.2) is 6.54 Å². The molecule has 0 bridgehead atoms. The van der Waals surface area contributed by atoms with Crippen molar-refractivity contribution in [2.75, 3.05) is 6.54 Å². The van der Waals surface area contributed by atoms with Crippen molar-refractivity contribution in [1.82, 2.24) is 0 Å². The molecule has 1 fully saturated rings. The predicted molar refractivity (Wildman–Crippen MR) is 51.0 cm³/mol. The van der Waals surface area contributed by atoms with E-state index in [0.717, 1.165) is 18.4 Å². The van der Waals surface area contributed by atoms with E-state index < -0.39 is 0 Å². The summed E-state index contributed by atoms with van der Waals surface area (Å²) in [6.45, 7) is 0.841. The molecule has 0 heterocycles. The summed E-state index contributed by atoms with van der Waals surface area (Å²) in [4.78, 5) is 0. The first kappa shape index (κ1) is 7.81. The van der Waals surface area contributed by atoms with Gasteiger partial charge in [0.2, 0.25) is 0 Å². The molecule has 1 aliphatic rings. The van der Waals surface area contributed by atoms with Gasteiger partial charge < -0.3 is 5.73 Å². The lowest BCUT2D eigenvalue weighted by atomic mass is 10.1. The molecule has 0 radical (unpaired) electrons. The van der Waals surface area contributed by atoms with E-state index in [0.29, 0.717) is 0 Å². The predicted octanol–water partition coefficient (Wildman–Crippen LogP) is 2.14. The second-order valence-electron chi connectivity index (χ2n) is 3.59. The van der Waals surface area contributed by atoms with Gasteiger partial charge in [0, 0.05) is 0 Å². The highest BCUT2D eigenvalue weighted by molar-refractivity contribution is 5.25. The molecule has 1 aromatic carbocycles. The molecule has 0 amide bonds. The maximum atomic E-state index is 5.51. The van der Waals surface area contributed by atoms with Crippen LogP contribution < -0.4 is 5.73 Å². The van der Waals surface area contributed by atoms with Gasteiger partial charge in [0.15, 0.2) is 0 Å². The molecule has 0 unspecified atom stereocenters. The fourth-order valence-electron chi connectivity index (χ4n) is 1.89. The Labute approximate surface area is 73.6 Å². The van der Waals surface area contributed by atoms with Crippen LogP contribution in [0.4, 0.5) is 0 Å². The van der Waals surface area contributed by atoms with Gasteiger partial charge in [0.25, 0.3) is 0 Å². The van der Waals surface area contributed by atoms with Crippen molar-refractivity contribution in [3.05, 3.63) is 35.9 Å². The molecular formula is C11H15N. The van der Waals surface area contributed by atoms with Crippen LogP contribution in [-0.2, 0) is 0 Å². The Morgan fingerprint density at radius 3 is 2.67 bits per heavy atom. The van der Waals surface area contributed by atoms with E-state index in [1.807, 2.05) is 0 Å². The van der Waals surface area contributed by atoms with Gasteiger partial charge in [-0.1, -0.05) is 30.3 Å². The molecule has 0 aromatic heterocycles. The Morgan fingerprint density at radius 1 is 1.25 bits per heavy atom. The Balaban J connectivity index is 1.97. The summed E-state index contributed by atoms with van der Waals surface area (Å²) < 4.78 is 0. The summed E-state index contributed by atoms with van der Waals surface area (Å²) in [5.74, 6) is 1.69. The minimum absolute atomic E-state index is 0.815. The molecule has 0 aliphatic heterocycles. The molecule has 1 nitrogen and oxygen atoms in total. The molecule has 1 saturated carbocycles. The number of rotatable bonds is 3. The van der Waals surface area contributed by atoms with Crippen molar-refractivity contribution in [2.45, 2.75) is 18.8 Å². The Morgan fingerprint density at radius 2 is 2.00 bits per heavy atom. The van der Waals surface area contributed by atoms with Gasteiger partial charge in [-0.3, -0.25) is 0 Å². The zero-order chi connectivity index (χ0) is 8.39. The summed E-state index contributed by atoms with van der Waals surface area (Å²) in [6.07, 6.45) is 2.54. The molecule has 2 atom stereocenters. The lowest BCUT2D eigenvalue weighted by molar-refractivity contribution is 0.715. The van der Waals surface area contributed by atoms with Crippen LogP contribution in [0.15, 0.2) is 30.3 Å². The van der Waals surface area contributed by atoms with Crippen molar-refractivity contribution in [1.29, 1.82) is 0 Å². The van der Waals surface area contributed by atoms with E-state index in [1.54, 1.807) is 0 Å². The fraction of sp³-hybridized carbons (Fsp3) is 0.455. The molecule has 1 aromatic rings. The average Bonchev–Trinajstić information content (AvgIpc) is 2.87. The second-order valence-corrected chi connectivity index (χ2v) is 3.59. The van der Waals surface area contributed by atoms with Crippen molar-refractivity contribution in [2.24, 2.45) is 11.7 Å². The molecule has 0 spiro atoms. The van der Waals surface area contributed by atoms with Gasteiger partial charge in [-0.05, 0) is 36.8 Å². The Hall–Kier alpha value is -0.820. The van der Waals surface area contributed by atoms with Crippen LogP contribution in [0, 0.1) is 5.92 Å². The first-order valence-electron chi connectivity index (χ1n) is 4.67. The molecule has 64 valence electrons. The lowest BCUT2D eigenvalue weighted by Gasteiger charge is -1.97. The van der Waals surface area contributed by atoms with Crippen molar-refractivity contribution >= 4 is 0 Å². The van der Waals surface area contributed by atoms with E-state index in [2.05, 4.69) is 30.3 Å². The van der Waals surface area contributed by atoms with Gasteiger partial charge in [0.05, 0.1) is 0 Å². The maximum Gasteiger partial charge on any atom is -0.00744 e. The number of hydrogen-bond donors (Lipinski definition) is 1. The normalized spacial score (nSPS) is 27.1. The van der Waals surface area contributed by atoms with Crippen molar-refractivity contribution in [3.63, 3.8) is 0 Å². The molecule has 2 rings (SSSR count). The average molecular weight is 161 g/mol. The van der Waals surface area contributed by atoms with E-state index in [9.17, 15) is 0 Å². The van der Waals surface area contributed by atoms with E-state index in [4.69, 9.17) is 5.73 Å². The summed E-state index contributed by atoms with van der Waals surface area (Å²) in [5.41, 5.74) is 7.01. The molecule has 1 aliphatic carbocycles.